The summed E-state index contributed by atoms with van der Waals surface area (Å²) in [6, 6.07) is 4.31. The number of hydrogen-bond donors (Lipinski definition) is 3. The van der Waals surface area contributed by atoms with Gasteiger partial charge in [0.15, 0.2) is 0 Å². The van der Waals surface area contributed by atoms with Crippen molar-refractivity contribution in [3.05, 3.63) is 28.8 Å². The van der Waals surface area contributed by atoms with E-state index in [0.29, 0.717) is 23.7 Å². The van der Waals surface area contributed by atoms with Gasteiger partial charge in [-0.1, -0.05) is 30.5 Å². The topological polar surface area (TPSA) is 84.7 Å². The smallest absolute Gasteiger partial charge is 0.407 e. The van der Waals surface area contributed by atoms with Gasteiger partial charge in [-0.3, -0.25) is 0 Å². The first-order valence-corrected chi connectivity index (χ1v) is 7.41. The number of nitrogens with two attached hydrogens (primary N) is 1. The first kappa shape index (κ1) is 18.4. The van der Waals surface area contributed by atoms with Crippen molar-refractivity contribution in [3.63, 3.8) is 0 Å². The third-order valence-corrected chi connectivity index (χ3v) is 3.33. The van der Waals surface area contributed by atoms with Gasteiger partial charge < -0.3 is 15.8 Å². The maximum absolute atomic E-state index is 11.5. The van der Waals surface area contributed by atoms with Gasteiger partial charge in [-0.2, -0.15) is 0 Å². The number of halogens is 1. The van der Waals surface area contributed by atoms with Crippen LogP contribution in [-0.4, -0.2) is 24.3 Å². The molecule has 3 amide bonds. The van der Waals surface area contributed by atoms with Gasteiger partial charge in [-0.05, 0) is 44.9 Å². The minimum atomic E-state index is -0.696. The van der Waals surface area contributed by atoms with E-state index in [-0.39, 0.29) is 0 Å². The highest BCUT2D eigenvalue weighted by molar-refractivity contribution is 7.82. The zero-order valence-corrected chi connectivity index (χ0v) is 14.4. The summed E-state index contributed by atoms with van der Waals surface area (Å²) in [5.41, 5.74) is 5.90. The summed E-state index contributed by atoms with van der Waals surface area (Å²) in [4.78, 5) is 22.5. The lowest BCUT2D eigenvalue weighted by Gasteiger charge is -2.19. The molecule has 0 heterocycles. The van der Waals surface area contributed by atoms with Crippen LogP contribution in [0.4, 0.5) is 15.3 Å². The largest absolute Gasteiger partial charge is 0.444 e. The van der Waals surface area contributed by atoms with Gasteiger partial charge in [0, 0.05) is 11.6 Å². The molecular formula is C14H20ClN3O3S. The van der Waals surface area contributed by atoms with Crippen molar-refractivity contribution in [3.8, 4) is 0 Å². The molecule has 0 spiro atoms. The fourth-order valence-corrected chi connectivity index (χ4v) is 2.01. The molecule has 1 rings (SSSR count). The SMILES string of the molecule is CC(C)(C)OC(=O)NCCc1ccc(N(S)C(N)=O)cc1Cl. The second kappa shape index (κ2) is 7.60. The number of thiol groups is 1. The van der Waals surface area contributed by atoms with Crippen LogP contribution < -0.4 is 15.4 Å². The fraction of sp³-hybridized carbons (Fsp3) is 0.429. The van der Waals surface area contributed by atoms with Crippen LogP contribution in [0.5, 0.6) is 0 Å². The molecule has 1 aromatic rings. The molecule has 0 atom stereocenters. The molecular weight excluding hydrogens is 326 g/mol. The van der Waals surface area contributed by atoms with E-state index < -0.39 is 17.7 Å². The Balaban J connectivity index is 2.57. The molecule has 8 heteroatoms. The Morgan fingerprint density at radius 2 is 2.05 bits per heavy atom. The average molecular weight is 346 g/mol. The van der Waals surface area contributed by atoms with E-state index in [9.17, 15) is 9.59 Å². The number of alkyl carbamates (subject to hydrolysis) is 1. The molecule has 0 aromatic heterocycles. The normalized spacial score (nSPS) is 11.0. The van der Waals surface area contributed by atoms with Crippen LogP contribution in [0.1, 0.15) is 26.3 Å². The number of ether oxygens (including phenoxy) is 1. The summed E-state index contributed by atoms with van der Waals surface area (Å²) in [6.45, 7) is 5.77. The first-order valence-electron chi connectivity index (χ1n) is 6.64. The summed E-state index contributed by atoms with van der Waals surface area (Å²) in [5.74, 6) is 0. The van der Waals surface area contributed by atoms with Crippen LogP contribution in [0, 0.1) is 0 Å². The van der Waals surface area contributed by atoms with Gasteiger partial charge in [0.05, 0.1) is 5.69 Å². The van der Waals surface area contributed by atoms with Gasteiger partial charge in [-0.15, -0.1) is 0 Å². The van der Waals surface area contributed by atoms with E-state index in [1.165, 1.54) is 0 Å². The minimum absolute atomic E-state index is 0.383. The third-order valence-electron chi connectivity index (χ3n) is 2.55. The van der Waals surface area contributed by atoms with Crippen molar-refractivity contribution < 1.29 is 14.3 Å². The van der Waals surface area contributed by atoms with Crippen LogP contribution in [-0.2, 0) is 11.2 Å². The van der Waals surface area contributed by atoms with Crippen LogP contribution in [0.2, 0.25) is 5.02 Å². The summed E-state index contributed by atoms with van der Waals surface area (Å²) in [7, 11) is 0. The standard InChI is InChI=1S/C14H20ClN3O3S/c1-14(2,3)21-13(20)17-7-6-9-4-5-10(8-11(9)15)18(22)12(16)19/h4-5,8,22H,6-7H2,1-3H3,(H2,16,19)(H,17,20). The lowest BCUT2D eigenvalue weighted by atomic mass is 10.1. The lowest BCUT2D eigenvalue weighted by molar-refractivity contribution is 0.0528. The van der Waals surface area contributed by atoms with Gasteiger partial charge in [-0.25, -0.2) is 13.9 Å². The third kappa shape index (κ3) is 6.03. The average Bonchev–Trinajstić information content (AvgIpc) is 2.37. The molecule has 0 aliphatic carbocycles. The van der Waals surface area contributed by atoms with Crippen LogP contribution in [0.3, 0.4) is 0 Å². The maximum atomic E-state index is 11.5. The molecule has 0 bridgehead atoms. The summed E-state index contributed by atoms with van der Waals surface area (Å²) in [6.07, 6.45) is 0.0529. The Morgan fingerprint density at radius 1 is 1.41 bits per heavy atom. The van der Waals surface area contributed by atoms with E-state index >= 15 is 0 Å². The Kier molecular flexibility index (Phi) is 6.37. The number of urea groups is 1. The second-order valence-electron chi connectivity index (χ2n) is 5.60. The van der Waals surface area contributed by atoms with E-state index in [4.69, 9.17) is 22.1 Å². The van der Waals surface area contributed by atoms with Crippen LogP contribution >= 0.6 is 24.4 Å². The molecule has 0 aliphatic heterocycles. The van der Waals surface area contributed by atoms with Crippen LogP contribution in [0.15, 0.2) is 18.2 Å². The summed E-state index contributed by atoms with van der Waals surface area (Å²) >= 11 is 10.1. The van der Waals surface area contributed by atoms with Crippen molar-refractivity contribution in [1.82, 2.24) is 5.32 Å². The quantitative estimate of drug-likeness (QED) is 0.733. The summed E-state index contributed by atoms with van der Waals surface area (Å²) in [5, 5.41) is 3.11. The maximum Gasteiger partial charge on any atom is 0.407 e. The molecule has 0 saturated heterocycles. The molecule has 122 valence electrons. The molecule has 0 radical (unpaired) electrons. The predicted octanol–water partition coefficient (Wildman–Crippen LogP) is 3.14. The van der Waals surface area contributed by atoms with Gasteiger partial charge >= 0.3 is 12.1 Å². The number of nitrogens with zero attached hydrogens (tertiary/aromatic N) is 1. The summed E-state index contributed by atoms with van der Waals surface area (Å²) < 4.78 is 6.13. The van der Waals surface area contributed by atoms with Crippen molar-refractivity contribution in [1.29, 1.82) is 0 Å². The number of amides is 3. The Morgan fingerprint density at radius 3 is 2.55 bits per heavy atom. The zero-order chi connectivity index (χ0) is 16.9. The highest BCUT2D eigenvalue weighted by Gasteiger charge is 2.16. The molecule has 3 N–H and O–H groups in total. The molecule has 0 fully saturated rings. The number of rotatable bonds is 4. The highest BCUT2D eigenvalue weighted by Crippen LogP contribution is 2.25. The number of hydrogen-bond acceptors (Lipinski definition) is 4. The molecule has 6 nitrogen and oxygen atoms in total. The number of primary amides is 1. The first-order chi connectivity index (χ1) is 10.1. The Labute approximate surface area is 140 Å². The highest BCUT2D eigenvalue weighted by atomic mass is 35.5. The molecule has 0 aliphatic rings. The Hall–Kier alpha value is -1.60. The zero-order valence-electron chi connectivity index (χ0n) is 12.7. The number of carbonyl (C=O) groups excluding carboxylic acids is 2. The lowest BCUT2D eigenvalue weighted by Crippen LogP contribution is -2.33. The monoisotopic (exact) mass is 345 g/mol. The second-order valence-corrected chi connectivity index (χ2v) is 6.41. The predicted molar refractivity (Wildman–Crippen MR) is 90.4 cm³/mol. The van der Waals surface area contributed by atoms with E-state index in [2.05, 4.69) is 18.1 Å². The molecule has 1 aromatic carbocycles. The number of carbonyl (C=O) groups is 2. The Bertz CT molecular complexity index is 561. The van der Waals surface area contributed by atoms with Gasteiger partial charge in [0.25, 0.3) is 0 Å². The minimum Gasteiger partial charge on any atom is -0.444 e. The van der Waals surface area contributed by atoms with Crippen LogP contribution in [0.25, 0.3) is 0 Å². The van der Waals surface area contributed by atoms with Crippen molar-refractivity contribution in [2.45, 2.75) is 32.8 Å². The van der Waals surface area contributed by atoms with E-state index in [1.54, 1.807) is 39.0 Å². The molecule has 22 heavy (non-hydrogen) atoms. The molecule has 0 saturated carbocycles. The van der Waals surface area contributed by atoms with E-state index in [1.807, 2.05) is 0 Å². The van der Waals surface area contributed by atoms with Crippen molar-refractivity contribution in [2.24, 2.45) is 5.73 Å². The number of nitrogens with one attached hydrogen (secondary N) is 1. The number of benzene rings is 1. The number of anilines is 1. The van der Waals surface area contributed by atoms with E-state index in [0.717, 1.165) is 9.87 Å². The fourth-order valence-electron chi connectivity index (χ4n) is 1.61. The van der Waals surface area contributed by atoms with Gasteiger partial charge in [0.1, 0.15) is 5.60 Å². The molecule has 0 unspecified atom stereocenters. The van der Waals surface area contributed by atoms with Crippen molar-refractivity contribution >= 4 is 42.2 Å². The van der Waals surface area contributed by atoms with Crippen molar-refractivity contribution in [2.75, 3.05) is 10.8 Å². The van der Waals surface area contributed by atoms with Gasteiger partial charge in [0.2, 0.25) is 0 Å².